The Hall–Kier alpha value is -1.32. The summed E-state index contributed by atoms with van der Waals surface area (Å²) < 4.78 is 0. The highest BCUT2D eigenvalue weighted by Crippen LogP contribution is 2.00. The van der Waals surface area contributed by atoms with Crippen LogP contribution in [0.3, 0.4) is 0 Å². The molecule has 0 aliphatic rings. The summed E-state index contributed by atoms with van der Waals surface area (Å²) in [5.74, 6) is 0. The smallest absolute Gasteiger partial charge is 0.0588 e. The minimum absolute atomic E-state index is 0.0208. The van der Waals surface area contributed by atoms with E-state index in [1.54, 1.807) is 6.08 Å². The van der Waals surface area contributed by atoms with Crippen LogP contribution in [-0.4, -0.2) is 15.6 Å². The lowest BCUT2D eigenvalue weighted by Gasteiger charge is -1.98. The lowest BCUT2D eigenvalue weighted by atomic mass is 10.2. The van der Waals surface area contributed by atoms with Gasteiger partial charge in [0.05, 0.1) is 6.20 Å². The van der Waals surface area contributed by atoms with E-state index in [1.807, 2.05) is 30.3 Å². The fourth-order valence-corrected chi connectivity index (χ4v) is 0.717. The van der Waals surface area contributed by atoms with Gasteiger partial charge in [-0.3, -0.25) is 10.4 Å². The summed E-state index contributed by atoms with van der Waals surface area (Å²) in [4.78, 5) is 0. The standard InChI is InChI=1S/C8H9NO2/c10-9(11)7-6-8-4-2-1-3-5-8/h1-7,10-11H/b7-6+. The van der Waals surface area contributed by atoms with E-state index in [-0.39, 0.29) is 5.23 Å². The minimum atomic E-state index is 0.0208. The molecule has 1 aromatic rings. The van der Waals surface area contributed by atoms with Crippen LogP contribution in [0, 0.1) is 0 Å². The maximum absolute atomic E-state index is 8.32. The van der Waals surface area contributed by atoms with Crippen LogP contribution in [0.25, 0.3) is 6.08 Å². The number of benzene rings is 1. The van der Waals surface area contributed by atoms with Crippen molar-refractivity contribution in [3.8, 4) is 0 Å². The van der Waals surface area contributed by atoms with E-state index in [4.69, 9.17) is 10.4 Å². The first kappa shape index (κ1) is 7.78. The highest BCUT2D eigenvalue weighted by atomic mass is 16.8. The number of hydroxylamine groups is 2. The molecule has 0 saturated heterocycles. The van der Waals surface area contributed by atoms with Crippen molar-refractivity contribution >= 4 is 6.08 Å². The molecule has 2 N–H and O–H groups in total. The van der Waals surface area contributed by atoms with Crippen LogP contribution in [-0.2, 0) is 0 Å². The Morgan fingerprint density at radius 2 is 1.73 bits per heavy atom. The molecule has 0 saturated carbocycles. The summed E-state index contributed by atoms with van der Waals surface area (Å²) in [6.07, 6.45) is 2.73. The molecule has 0 atom stereocenters. The van der Waals surface area contributed by atoms with Crippen LogP contribution in [0.1, 0.15) is 5.56 Å². The second-order valence-electron chi connectivity index (χ2n) is 2.05. The summed E-state index contributed by atoms with van der Waals surface area (Å²) in [5.41, 5.74) is 0.917. The Kier molecular flexibility index (Phi) is 2.66. The summed E-state index contributed by atoms with van der Waals surface area (Å²) >= 11 is 0. The average molecular weight is 151 g/mol. The molecule has 3 nitrogen and oxygen atoms in total. The predicted molar refractivity (Wildman–Crippen MR) is 40.9 cm³/mol. The molecule has 0 fully saturated rings. The van der Waals surface area contributed by atoms with E-state index in [2.05, 4.69) is 0 Å². The first-order chi connectivity index (χ1) is 5.29. The van der Waals surface area contributed by atoms with Gasteiger partial charge in [-0.05, 0) is 11.6 Å². The average Bonchev–Trinajstić information content (AvgIpc) is 2.03. The molecule has 0 bridgehead atoms. The van der Waals surface area contributed by atoms with Gasteiger partial charge < -0.3 is 0 Å². The van der Waals surface area contributed by atoms with Gasteiger partial charge in [0, 0.05) is 0 Å². The van der Waals surface area contributed by atoms with E-state index < -0.39 is 0 Å². The molecule has 1 rings (SSSR count). The van der Waals surface area contributed by atoms with Gasteiger partial charge in [-0.2, -0.15) is 0 Å². The quantitative estimate of drug-likeness (QED) is 0.633. The Labute approximate surface area is 64.7 Å². The monoisotopic (exact) mass is 151 g/mol. The molecule has 11 heavy (non-hydrogen) atoms. The number of nitrogens with zero attached hydrogens (tertiary/aromatic N) is 1. The highest BCUT2D eigenvalue weighted by Gasteiger charge is 1.83. The van der Waals surface area contributed by atoms with Gasteiger partial charge in [0.25, 0.3) is 0 Å². The number of hydrogen-bond acceptors (Lipinski definition) is 3. The third-order valence-corrected chi connectivity index (χ3v) is 1.20. The van der Waals surface area contributed by atoms with Crippen molar-refractivity contribution in [2.45, 2.75) is 0 Å². The maximum Gasteiger partial charge on any atom is 0.0588 e. The van der Waals surface area contributed by atoms with Gasteiger partial charge in [0.15, 0.2) is 0 Å². The second kappa shape index (κ2) is 3.75. The second-order valence-corrected chi connectivity index (χ2v) is 2.05. The summed E-state index contributed by atoms with van der Waals surface area (Å²) in [6.45, 7) is 0. The highest BCUT2D eigenvalue weighted by molar-refractivity contribution is 5.47. The Bertz CT molecular complexity index is 231. The van der Waals surface area contributed by atoms with E-state index in [0.29, 0.717) is 0 Å². The SMILES string of the molecule is ON(O)/C=C/c1ccccc1. The van der Waals surface area contributed by atoms with Crippen molar-refractivity contribution in [3.05, 3.63) is 42.1 Å². The summed E-state index contributed by atoms with van der Waals surface area (Å²) in [7, 11) is 0. The number of rotatable bonds is 2. The molecular weight excluding hydrogens is 142 g/mol. The van der Waals surface area contributed by atoms with Crippen LogP contribution < -0.4 is 0 Å². The Morgan fingerprint density at radius 3 is 2.27 bits per heavy atom. The number of hydrogen-bond donors (Lipinski definition) is 2. The normalized spacial score (nSPS) is 10.4. The topological polar surface area (TPSA) is 43.7 Å². The largest absolute Gasteiger partial charge is 0.264 e. The maximum atomic E-state index is 8.32. The van der Waals surface area contributed by atoms with Crippen LogP contribution in [0.5, 0.6) is 0 Å². The lowest BCUT2D eigenvalue weighted by molar-refractivity contribution is -0.266. The zero-order valence-electron chi connectivity index (χ0n) is 5.88. The van der Waals surface area contributed by atoms with Gasteiger partial charge in [-0.1, -0.05) is 30.3 Å². The summed E-state index contributed by atoms with van der Waals surface area (Å²) in [6, 6.07) is 9.37. The van der Waals surface area contributed by atoms with Gasteiger partial charge in [0.1, 0.15) is 0 Å². The van der Waals surface area contributed by atoms with Gasteiger partial charge >= 0.3 is 0 Å². The van der Waals surface area contributed by atoms with Crippen LogP contribution in [0.15, 0.2) is 36.5 Å². The fraction of sp³-hybridized carbons (Fsp3) is 0. The fourth-order valence-electron chi connectivity index (χ4n) is 0.717. The molecule has 1 aromatic carbocycles. The molecule has 0 aliphatic carbocycles. The molecule has 58 valence electrons. The molecule has 0 amide bonds. The third-order valence-electron chi connectivity index (χ3n) is 1.20. The Morgan fingerprint density at radius 1 is 1.09 bits per heavy atom. The zero-order valence-corrected chi connectivity index (χ0v) is 5.88. The van der Waals surface area contributed by atoms with E-state index in [0.717, 1.165) is 11.8 Å². The molecule has 0 aliphatic heterocycles. The molecule has 0 heterocycles. The zero-order chi connectivity index (χ0) is 8.10. The lowest BCUT2D eigenvalue weighted by Crippen LogP contribution is -2.02. The molecule has 0 unspecified atom stereocenters. The van der Waals surface area contributed by atoms with Gasteiger partial charge in [0.2, 0.25) is 0 Å². The Balaban J connectivity index is 2.65. The molecule has 0 radical (unpaired) electrons. The molecule has 0 aromatic heterocycles. The molecule has 0 spiro atoms. The van der Waals surface area contributed by atoms with Crippen molar-refractivity contribution in [1.82, 2.24) is 5.23 Å². The molecule has 3 heteroatoms. The van der Waals surface area contributed by atoms with E-state index >= 15 is 0 Å². The summed E-state index contributed by atoms with van der Waals surface area (Å²) in [5, 5.41) is 16.7. The third kappa shape index (κ3) is 2.84. The van der Waals surface area contributed by atoms with Crippen molar-refractivity contribution in [1.29, 1.82) is 0 Å². The predicted octanol–water partition coefficient (Wildman–Crippen LogP) is 1.74. The van der Waals surface area contributed by atoms with Crippen molar-refractivity contribution in [2.75, 3.05) is 0 Å². The van der Waals surface area contributed by atoms with Gasteiger partial charge in [-0.25, -0.2) is 0 Å². The van der Waals surface area contributed by atoms with Crippen LogP contribution >= 0.6 is 0 Å². The van der Waals surface area contributed by atoms with Crippen molar-refractivity contribution < 1.29 is 10.4 Å². The van der Waals surface area contributed by atoms with Crippen molar-refractivity contribution in [2.24, 2.45) is 0 Å². The van der Waals surface area contributed by atoms with E-state index in [9.17, 15) is 0 Å². The van der Waals surface area contributed by atoms with E-state index in [1.165, 1.54) is 0 Å². The molecular formula is C8H9NO2. The van der Waals surface area contributed by atoms with Gasteiger partial charge in [-0.15, -0.1) is 5.23 Å². The first-order valence-electron chi connectivity index (χ1n) is 3.19. The van der Waals surface area contributed by atoms with Crippen LogP contribution in [0.2, 0.25) is 0 Å². The van der Waals surface area contributed by atoms with Crippen molar-refractivity contribution in [3.63, 3.8) is 0 Å². The van der Waals surface area contributed by atoms with Crippen LogP contribution in [0.4, 0.5) is 0 Å². The first-order valence-corrected chi connectivity index (χ1v) is 3.19. The minimum Gasteiger partial charge on any atom is -0.264 e.